The molecule has 1 unspecified atom stereocenters. The zero-order valence-corrected chi connectivity index (χ0v) is 22.4. The molecule has 7 heteroatoms. The molecule has 2 heterocycles. The van der Waals surface area contributed by atoms with Gasteiger partial charge in [0.05, 0.1) is 6.33 Å². The van der Waals surface area contributed by atoms with E-state index in [1.807, 2.05) is 78.9 Å². The average Bonchev–Trinajstić information content (AvgIpc) is 3.39. The Kier molecular flexibility index (Phi) is 7.61. The second-order valence-corrected chi connectivity index (χ2v) is 10.2. The fraction of sp³-hybridized carbons (Fsp3) is 0.258. The first-order valence-corrected chi connectivity index (χ1v) is 13.3. The third-order valence-electron chi connectivity index (χ3n) is 7.30. The topological polar surface area (TPSA) is 58.4 Å². The molecule has 194 valence electrons. The number of carbonyl (C=O) groups is 2. The molecule has 6 nitrogen and oxygen atoms in total. The van der Waals surface area contributed by atoms with Gasteiger partial charge in [-0.15, -0.1) is 0 Å². The van der Waals surface area contributed by atoms with Gasteiger partial charge in [-0.3, -0.25) is 9.59 Å². The maximum Gasteiger partial charge on any atom is 0.258 e. The van der Waals surface area contributed by atoms with E-state index in [-0.39, 0.29) is 17.9 Å². The number of aryl methyl sites for hydroxylation is 3. The number of halogens is 1. The van der Waals surface area contributed by atoms with Crippen LogP contribution in [0.2, 0.25) is 5.02 Å². The van der Waals surface area contributed by atoms with Gasteiger partial charge in [-0.1, -0.05) is 29.8 Å². The first kappa shape index (κ1) is 25.7. The highest BCUT2D eigenvalue weighted by molar-refractivity contribution is 6.30. The minimum absolute atomic E-state index is 0.0350. The minimum atomic E-state index is -0.0954. The lowest BCUT2D eigenvalue weighted by Crippen LogP contribution is -2.41. The molecule has 1 atom stereocenters. The summed E-state index contributed by atoms with van der Waals surface area (Å²) >= 11 is 6.34. The van der Waals surface area contributed by atoms with Gasteiger partial charge in [0.2, 0.25) is 0 Å². The first-order valence-electron chi connectivity index (χ1n) is 12.9. The highest BCUT2D eigenvalue weighted by atomic mass is 35.5. The van der Waals surface area contributed by atoms with Gasteiger partial charge in [0.15, 0.2) is 0 Å². The molecule has 0 N–H and O–H groups in total. The van der Waals surface area contributed by atoms with Crippen LogP contribution in [0.15, 0.2) is 85.5 Å². The summed E-state index contributed by atoms with van der Waals surface area (Å²) in [6.07, 6.45) is 9.12. The second kappa shape index (κ2) is 11.2. The highest BCUT2D eigenvalue weighted by Crippen LogP contribution is 2.35. The van der Waals surface area contributed by atoms with Crippen molar-refractivity contribution in [3.8, 4) is 0 Å². The van der Waals surface area contributed by atoms with E-state index in [1.165, 1.54) is 0 Å². The maximum absolute atomic E-state index is 14.2. The predicted molar refractivity (Wildman–Crippen MR) is 152 cm³/mol. The third kappa shape index (κ3) is 5.36. The van der Waals surface area contributed by atoms with Crippen molar-refractivity contribution in [2.45, 2.75) is 45.2 Å². The van der Waals surface area contributed by atoms with Gasteiger partial charge in [0, 0.05) is 59.6 Å². The van der Waals surface area contributed by atoms with Crippen LogP contribution in [0.5, 0.6) is 0 Å². The van der Waals surface area contributed by atoms with Gasteiger partial charge in [0.25, 0.3) is 11.8 Å². The Hall–Kier alpha value is -3.90. The summed E-state index contributed by atoms with van der Waals surface area (Å²) in [4.78, 5) is 34.9. The maximum atomic E-state index is 14.2. The lowest BCUT2D eigenvalue weighted by Gasteiger charge is -2.32. The number of anilines is 2. The molecule has 0 spiro atoms. The van der Waals surface area contributed by atoms with E-state index in [9.17, 15) is 9.59 Å². The molecule has 0 saturated heterocycles. The van der Waals surface area contributed by atoms with E-state index in [2.05, 4.69) is 9.55 Å². The van der Waals surface area contributed by atoms with Crippen molar-refractivity contribution in [3.63, 3.8) is 0 Å². The minimum Gasteiger partial charge on any atom is -0.337 e. The van der Waals surface area contributed by atoms with Gasteiger partial charge in [0.1, 0.15) is 0 Å². The third-order valence-corrected chi connectivity index (χ3v) is 7.54. The van der Waals surface area contributed by atoms with Crippen molar-refractivity contribution in [2.24, 2.45) is 0 Å². The molecule has 2 amide bonds. The Morgan fingerprint density at radius 2 is 1.89 bits per heavy atom. The molecule has 1 aliphatic rings. The summed E-state index contributed by atoms with van der Waals surface area (Å²) < 4.78 is 2.05. The van der Waals surface area contributed by atoms with Crippen molar-refractivity contribution in [3.05, 3.63) is 113 Å². The van der Waals surface area contributed by atoms with Gasteiger partial charge >= 0.3 is 0 Å². The molecule has 3 aromatic carbocycles. The first-order chi connectivity index (χ1) is 18.4. The number of carbonyl (C=O) groups excluding carboxylic acids is 2. The monoisotopic (exact) mass is 526 g/mol. The van der Waals surface area contributed by atoms with E-state index < -0.39 is 0 Å². The van der Waals surface area contributed by atoms with Crippen LogP contribution in [-0.4, -0.2) is 34.5 Å². The van der Waals surface area contributed by atoms with Crippen LogP contribution >= 0.6 is 11.6 Å². The van der Waals surface area contributed by atoms with E-state index in [1.54, 1.807) is 30.3 Å². The summed E-state index contributed by atoms with van der Waals surface area (Å²) in [7, 11) is 1.76. The Bertz CT molecular complexity index is 1440. The number of fused-ring (bicyclic) bond motifs is 1. The quantitative estimate of drug-likeness (QED) is 0.286. The van der Waals surface area contributed by atoms with Crippen LogP contribution in [0.1, 0.15) is 51.1 Å². The fourth-order valence-corrected chi connectivity index (χ4v) is 5.42. The SMILES string of the molecule is Cc1cc(N(C)C(=O)c2ccccc2)ccc1C(=O)N1c2ccc(Cl)cc2CCCC1CCn1ccnc1. The zero-order valence-electron chi connectivity index (χ0n) is 21.7. The number of nitrogens with zero attached hydrogens (tertiary/aromatic N) is 4. The number of aromatic nitrogens is 2. The van der Waals surface area contributed by atoms with Crippen LogP contribution in [0, 0.1) is 6.92 Å². The van der Waals surface area contributed by atoms with Gasteiger partial charge in [-0.05, 0) is 92.3 Å². The van der Waals surface area contributed by atoms with Crippen LogP contribution < -0.4 is 9.80 Å². The van der Waals surface area contributed by atoms with Crippen molar-refractivity contribution in [1.82, 2.24) is 9.55 Å². The van der Waals surface area contributed by atoms with Gasteiger partial charge in [-0.25, -0.2) is 4.98 Å². The molecule has 0 aliphatic carbocycles. The summed E-state index contributed by atoms with van der Waals surface area (Å²) in [6.45, 7) is 2.71. The second-order valence-electron chi connectivity index (χ2n) is 9.81. The molecule has 0 bridgehead atoms. The van der Waals surface area contributed by atoms with Gasteiger partial charge < -0.3 is 14.4 Å². The Morgan fingerprint density at radius 3 is 2.63 bits per heavy atom. The molecule has 5 rings (SSSR count). The molecular formula is C31H31ClN4O2. The highest BCUT2D eigenvalue weighted by Gasteiger charge is 2.31. The molecule has 0 fully saturated rings. The van der Waals surface area contributed by atoms with E-state index in [0.29, 0.717) is 16.1 Å². The van der Waals surface area contributed by atoms with Crippen molar-refractivity contribution >= 4 is 34.8 Å². The van der Waals surface area contributed by atoms with Crippen LogP contribution in [0.4, 0.5) is 11.4 Å². The van der Waals surface area contributed by atoms with Crippen molar-refractivity contribution < 1.29 is 9.59 Å². The summed E-state index contributed by atoms with van der Waals surface area (Å²) in [6, 6.07) is 20.6. The largest absolute Gasteiger partial charge is 0.337 e. The number of hydrogen-bond acceptors (Lipinski definition) is 3. The Labute approximate surface area is 228 Å². The molecule has 1 aromatic heterocycles. The molecule has 0 radical (unpaired) electrons. The summed E-state index contributed by atoms with van der Waals surface area (Å²) in [5, 5.41) is 0.680. The number of benzene rings is 3. The predicted octanol–water partition coefficient (Wildman–Crippen LogP) is 6.56. The average molecular weight is 527 g/mol. The lowest BCUT2D eigenvalue weighted by atomic mass is 10.0. The molecule has 4 aromatic rings. The Balaban J connectivity index is 1.46. The molecule has 1 aliphatic heterocycles. The number of amides is 2. The normalized spacial score (nSPS) is 15.0. The lowest BCUT2D eigenvalue weighted by molar-refractivity contribution is 0.0971. The number of rotatable bonds is 6. The van der Waals surface area contributed by atoms with E-state index in [0.717, 1.165) is 54.7 Å². The summed E-state index contributed by atoms with van der Waals surface area (Å²) in [5.74, 6) is -0.130. The summed E-state index contributed by atoms with van der Waals surface area (Å²) in [5.41, 5.74) is 4.84. The Morgan fingerprint density at radius 1 is 1.08 bits per heavy atom. The number of imidazole rings is 1. The standard InChI is InChI=1S/C31H31ClN4O2/c1-22-19-27(34(2)30(37)23-7-4-3-5-8-23)12-13-28(22)31(38)36-26(15-17-35-18-16-33-21-35)10-6-9-24-20-25(32)11-14-29(24)36/h3-5,7-8,11-14,16,18-21,26H,6,9-10,15,17H2,1-2H3. The fourth-order valence-electron chi connectivity index (χ4n) is 5.23. The van der Waals surface area contributed by atoms with Crippen LogP contribution in [0.25, 0.3) is 0 Å². The molecule has 38 heavy (non-hydrogen) atoms. The van der Waals surface area contributed by atoms with Crippen LogP contribution in [0.3, 0.4) is 0 Å². The van der Waals surface area contributed by atoms with Crippen molar-refractivity contribution in [2.75, 3.05) is 16.8 Å². The molecule has 0 saturated carbocycles. The number of hydrogen-bond donors (Lipinski definition) is 0. The van der Waals surface area contributed by atoms with E-state index >= 15 is 0 Å². The van der Waals surface area contributed by atoms with Crippen LogP contribution in [-0.2, 0) is 13.0 Å². The van der Waals surface area contributed by atoms with Gasteiger partial charge in [-0.2, -0.15) is 0 Å². The smallest absolute Gasteiger partial charge is 0.258 e. The van der Waals surface area contributed by atoms with E-state index in [4.69, 9.17) is 11.6 Å². The zero-order chi connectivity index (χ0) is 26.6. The van der Waals surface area contributed by atoms with Crippen molar-refractivity contribution in [1.29, 1.82) is 0 Å². The molecular weight excluding hydrogens is 496 g/mol.